The van der Waals surface area contributed by atoms with Gasteiger partial charge >= 0.3 is 0 Å². The normalized spacial score (nSPS) is 11.5. The summed E-state index contributed by atoms with van der Waals surface area (Å²) in [5, 5.41) is 0. The molecule has 17 heavy (non-hydrogen) atoms. The number of halogens is 3. The first-order valence-corrected chi connectivity index (χ1v) is 5.97. The summed E-state index contributed by atoms with van der Waals surface area (Å²) < 4.78 is -0.0958. The molecule has 0 N–H and O–H groups in total. The third-order valence-electron chi connectivity index (χ3n) is 2.27. The van der Waals surface area contributed by atoms with E-state index in [0.717, 1.165) is 5.69 Å². The molecular formula is C12H8Cl3NO. The second-order valence-corrected chi connectivity index (χ2v) is 5.74. The van der Waals surface area contributed by atoms with Crippen molar-refractivity contribution in [3.63, 3.8) is 0 Å². The second kappa shape index (κ2) is 4.73. The molecule has 0 bridgehead atoms. The van der Waals surface area contributed by atoms with Crippen molar-refractivity contribution < 1.29 is 0 Å². The smallest absolute Gasteiger partial charge is 0.255 e. The van der Waals surface area contributed by atoms with Crippen LogP contribution in [0.25, 0.3) is 5.69 Å². The molecule has 1 aromatic carbocycles. The summed E-state index contributed by atoms with van der Waals surface area (Å²) in [7, 11) is 0. The van der Waals surface area contributed by atoms with Gasteiger partial charge in [-0.1, -0.05) is 53.0 Å². The zero-order valence-corrected chi connectivity index (χ0v) is 10.9. The molecule has 1 heterocycles. The average Bonchev–Trinajstić information content (AvgIpc) is 2.29. The standard InChI is InChI=1S/C12H8Cl3NO/c13-12(14,15)9-6-7-11(17)16(8-9)10-4-2-1-3-5-10/h1-8H. The monoisotopic (exact) mass is 287 g/mol. The highest BCUT2D eigenvalue weighted by Gasteiger charge is 2.23. The van der Waals surface area contributed by atoms with Gasteiger partial charge in [0.15, 0.2) is 0 Å². The van der Waals surface area contributed by atoms with Gasteiger partial charge in [0.1, 0.15) is 0 Å². The number of alkyl halides is 3. The largest absolute Gasteiger partial charge is 0.284 e. The van der Waals surface area contributed by atoms with Crippen LogP contribution in [-0.2, 0) is 3.79 Å². The van der Waals surface area contributed by atoms with Crippen molar-refractivity contribution in [3.8, 4) is 5.69 Å². The van der Waals surface area contributed by atoms with Crippen molar-refractivity contribution >= 4 is 34.8 Å². The van der Waals surface area contributed by atoms with E-state index in [9.17, 15) is 4.79 Å². The maximum absolute atomic E-state index is 11.7. The molecule has 0 amide bonds. The van der Waals surface area contributed by atoms with Crippen LogP contribution in [0, 0.1) is 0 Å². The summed E-state index contributed by atoms with van der Waals surface area (Å²) in [4.78, 5) is 11.7. The van der Waals surface area contributed by atoms with Crippen LogP contribution in [0.1, 0.15) is 5.56 Å². The van der Waals surface area contributed by atoms with Crippen LogP contribution < -0.4 is 5.56 Å². The third-order valence-corrected chi connectivity index (χ3v) is 2.93. The quantitative estimate of drug-likeness (QED) is 0.734. The first-order valence-electron chi connectivity index (χ1n) is 4.84. The molecule has 0 saturated carbocycles. The number of rotatable bonds is 1. The predicted octanol–water partition coefficient (Wildman–Crippen LogP) is 3.66. The van der Waals surface area contributed by atoms with Gasteiger partial charge in [-0.3, -0.25) is 9.36 Å². The van der Waals surface area contributed by atoms with Crippen LogP contribution in [-0.4, -0.2) is 4.57 Å². The Labute approximate surface area is 113 Å². The topological polar surface area (TPSA) is 22.0 Å². The lowest BCUT2D eigenvalue weighted by Gasteiger charge is -2.13. The fourth-order valence-electron chi connectivity index (χ4n) is 1.45. The highest BCUT2D eigenvalue weighted by molar-refractivity contribution is 6.66. The Kier molecular flexibility index (Phi) is 3.48. The molecule has 0 fully saturated rings. The summed E-state index contributed by atoms with van der Waals surface area (Å²) in [5.41, 5.74) is 1.01. The van der Waals surface area contributed by atoms with Crippen molar-refractivity contribution in [3.05, 3.63) is 64.6 Å². The minimum atomic E-state index is -1.54. The Morgan fingerprint density at radius 2 is 1.59 bits per heavy atom. The van der Waals surface area contributed by atoms with Crippen LogP contribution in [0.4, 0.5) is 0 Å². The molecule has 2 aromatic rings. The van der Waals surface area contributed by atoms with E-state index < -0.39 is 3.79 Å². The summed E-state index contributed by atoms with van der Waals surface area (Å²) >= 11 is 17.4. The molecule has 2 nitrogen and oxygen atoms in total. The first kappa shape index (κ1) is 12.5. The van der Waals surface area contributed by atoms with Gasteiger partial charge in [0.25, 0.3) is 5.56 Å². The molecule has 0 saturated heterocycles. The average molecular weight is 289 g/mol. The summed E-state index contributed by atoms with van der Waals surface area (Å²) in [6.45, 7) is 0. The second-order valence-electron chi connectivity index (χ2n) is 3.46. The number of aromatic nitrogens is 1. The molecule has 1 aromatic heterocycles. The molecule has 0 atom stereocenters. The summed E-state index contributed by atoms with van der Waals surface area (Å²) in [5.74, 6) is 0. The predicted molar refractivity (Wildman–Crippen MR) is 71.3 cm³/mol. The van der Waals surface area contributed by atoms with E-state index in [4.69, 9.17) is 34.8 Å². The van der Waals surface area contributed by atoms with Crippen LogP contribution in [0.15, 0.2) is 53.5 Å². The van der Waals surface area contributed by atoms with Gasteiger partial charge in [0.2, 0.25) is 3.79 Å². The molecule has 0 radical (unpaired) electrons. The Morgan fingerprint density at radius 3 is 2.18 bits per heavy atom. The molecule has 88 valence electrons. The molecular weight excluding hydrogens is 280 g/mol. The summed E-state index contributed by atoms with van der Waals surface area (Å²) in [6, 6.07) is 12.0. The molecule has 0 aliphatic carbocycles. The van der Waals surface area contributed by atoms with E-state index in [1.54, 1.807) is 0 Å². The number of pyridine rings is 1. The fourth-order valence-corrected chi connectivity index (χ4v) is 1.78. The van der Waals surface area contributed by atoms with Crippen molar-refractivity contribution in [2.75, 3.05) is 0 Å². The van der Waals surface area contributed by atoms with E-state index in [1.165, 1.54) is 22.9 Å². The molecule has 0 aliphatic rings. The van der Waals surface area contributed by atoms with Crippen molar-refractivity contribution in [1.29, 1.82) is 0 Å². The Hall–Kier alpha value is -0.960. The lowest BCUT2D eigenvalue weighted by Crippen LogP contribution is -2.18. The van der Waals surface area contributed by atoms with Crippen LogP contribution >= 0.6 is 34.8 Å². The zero-order valence-electron chi connectivity index (χ0n) is 8.61. The lowest BCUT2D eigenvalue weighted by atomic mass is 10.2. The number of hydrogen-bond acceptors (Lipinski definition) is 1. The van der Waals surface area contributed by atoms with E-state index in [1.807, 2.05) is 30.3 Å². The SMILES string of the molecule is O=c1ccc(C(Cl)(Cl)Cl)cn1-c1ccccc1. The van der Waals surface area contributed by atoms with Crippen LogP contribution in [0.3, 0.4) is 0 Å². The van der Waals surface area contributed by atoms with E-state index >= 15 is 0 Å². The van der Waals surface area contributed by atoms with Gasteiger partial charge in [0, 0.05) is 23.5 Å². The molecule has 0 unspecified atom stereocenters. The van der Waals surface area contributed by atoms with Gasteiger partial charge < -0.3 is 0 Å². The number of benzene rings is 1. The number of hydrogen-bond donors (Lipinski definition) is 0. The van der Waals surface area contributed by atoms with Crippen LogP contribution in [0.2, 0.25) is 0 Å². The van der Waals surface area contributed by atoms with Crippen molar-refractivity contribution in [1.82, 2.24) is 4.57 Å². The fraction of sp³-hybridized carbons (Fsp3) is 0.0833. The van der Waals surface area contributed by atoms with Gasteiger partial charge in [0.05, 0.1) is 0 Å². The Bertz CT molecular complexity index is 572. The lowest BCUT2D eigenvalue weighted by molar-refractivity contribution is 0.961. The molecule has 0 spiro atoms. The maximum Gasteiger partial charge on any atom is 0.255 e. The molecule has 5 heteroatoms. The molecule has 0 aliphatic heterocycles. The van der Waals surface area contributed by atoms with Crippen LogP contribution in [0.5, 0.6) is 0 Å². The molecule has 2 rings (SSSR count). The number of para-hydroxylation sites is 1. The Balaban J connectivity index is 2.59. The van der Waals surface area contributed by atoms with E-state index in [2.05, 4.69) is 0 Å². The minimum Gasteiger partial charge on any atom is -0.284 e. The highest BCUT2D eigenvalue weighted by atomic mass is 35.6. The van der Waals surface area contributed by atoms with E-state index in [0.29, 0.717) is 5.56 Å². The van der Waals surface area contributed by atoms with Crippen molar-refractivity contribution in [2.45, 2.75) is 3.79 Å². The van der Waals surface area contributed by atoms with Gasteiger partial charge in [-0.25, -0.2) is 0 Å². The number of nitrogens with zero attached hydrogens (tertiary/aromatic N) is 1. The maximum atomic E-state index is 11.7. The van der Waals surface area contributed by atoms with Crippen molar-refractivity contribution in [2.24, 2.45) is 0 Å². The first-order chi connectivity index (χ1) is 7.98. The van der Waals surface area contributed by atoms with Gasteiger partial charge in [-0.05, 0) is 18.2 Å². The minimum absolute atomic E-state index is 0.172. The summed E-state index contributed by atoms with van der Waals surface area (Å²) in [6.07, 6.45) is 1.53. The van der Waals surface area contributed by atoms with Gasteiger partial charge in [-0.15, -0.1) is 0 Å². The third kappa shape index (κ3) is 2.83. The Morgan fingerprint density at radius 1 is 0.941 bits per heavy atom. The highest BCUT2D eigenvalue weighted by Crippen LogP contribution is 2.37. The zero-order chi connectivity index (χ0) is 12.5. The van der Waals surface area contributed by atoms with E-state index in [-0.39, 0.29) is 5.56 Å². The van der Waals surface area contributed by atoms with Gasteiger partial charge in [-0.2, -0.15) is 0 Å².